The molecule has 1 aliphatic carbocycles. The summed E-state index contributed by atoms with van der Waals surface area (Å²) in [6.07, 6.45) is 2.15. The molecule has 8 nitrogen and oxygen atoms in total. The van der Waals surface area contributed by atoms with E-state index in [2.05, 4.69) is 5.32 Å². The predicted molar refractivity (Wildman–Crippen MR) is 124 cm³/mol. The fraction of sp³-hybridized carbons (Fsp3) is 0.320. The Hall–Kier alpha value is -3.81. The quantitative estimate of drug-likeness (QED) is 0.601. The van der Waals surface area contributed by atoms with Crippen molar-refractivity contribution in [3.63, 3.8) is 0 Å². The number of ketones is 1. The Morgan fingerprint density at radius 1 is 1.06 bits per heavy atom. The minimum Gasteiger partial charge on any atom is -0.494 e. The minimum atomic E-state index is -0.396. The number of hydrogen-bond acceptors (Lipinski definition) is 7. The summed E-state index contributed by atoms with van der Waals surface area (Å²) in [5, 5.41) is 8.19. The highest BCUT2D eigenvalue weighted by Gasteiger charge is 2.37. The number of ether oxygens (including phenoxy) is 3. The monoisotopic (exact) mass is 446 g/mol. The van der Waals surface area contributed by atoms with Crippen LogP contribution in [0.15, 0.2) is 53.7 Å². The van der Waals surface area contributed by atoms with E-state index in [0.29, 0.717) is 36.3 Å². The van der Waals surface area contributed by atoms with Gasteiger partial charge in [0.1, 0.15) is 11.8 Å². The maximum Gasteiger partial charge on any atom is 0.226 e. The van der Waals surface area contributed by atoms with E-state index in [1.54, 1.807) is 18.9 Å². The average molecular weight is 447 g/mol. The molecule has 0 fully saturated rings. The van der Waals surface area contributed by atoms with Crippen LogP contribution in [0, 0.1) is 0 Å². The molecule has 1 aliphatic heterocycles. The van der Waals surface area contributed by atoms with Crippen molar-refractivity contribution >= 4 is 11.7 Å². The third-order valence-corrected chi connectivity index (χ3v) is 6.01. The van der Waals surface area contributed by atoms with Gasteiger partial charge in [0.2, 0.25) is 5.95 Å². The summed E-state index contributed by atoms with van der Waals surface area (Å²) in [6.45, 7) is 2.56. The Bertz CT molecular complexity index is 1230. The summed E-state index contributed by atoms with van der Waals surface area (Å²) in [4.78, 5) is 17.8. The average Bonchev–Trinajstić information content (AvgIpc) is 3.27. The first-order valence-electron chi connectivity index (χ1n) is 11.1. The van der Waals surface area contributed by atoms with E-state index >= 15 is 0 Å². The smallest absolute Gasteiger partial charge is 0.226 e. The number of hydrogen-bond donors (Lipinski definition) is 1. The molecule has 0 saturated carbocycles. The number of anilines is 1. The number of carbonyl (C=O) groups is 1. The Morgan fingerprint density at radius 3 is 2.58 bits per heavy atom. The number of methoxy groups -OCH3 is 2. The topological polar surface area (TPSA) is 87.5 Å². The van der Waals surface area contributed by atoms with Gasteiger partial charge in [-0.3, -0.25) is 4.79 Å². The van der Waals surface area contributed by atoms with E-state index in [4.69, 9.17) is 24.3 Å². The zero-order chi connectivity index (χ0) is 22.9. The summed E-state index contributed by atoms with van der Waals surface area (Å²) in [6, 6.07) is 13.0. The molecule has 1 unspecified atom stereocenters. The number of allylic oxidation sites excluding steroid dienone is 2. The highest BCUT2D eigenvalue weighted by molar-refractivity contribution is 5.99. The van der Waals surface area contributed by atoms with Crippen LogP contribution < -0.4 is 19.5 Å². The van der Waals surface area contributed by atoms with Crippen LogP contribution in [0.3, 0.4) is 0 Å². The second kappa shape index (κ2) is 8.61. The third-order valence-electron chi connectivity index (χ3n) is 6.01. The van der Waals surface area contributed by atoms with Gasteiger partial charge in [0.15, 0.2) is 23.1 Å². The number of Topliss-reactive ketones (excluding diaryl/α,β-unsaturated/α-hetero) is 1. The molecule has 8 heteroatoms. The highest BCUT2D eigenvalue weighted by atomic mass is 16.5. The Kier molecular flexibility index (Phi) is 5.50. The lowest BCUT2D eigenvalue weighted by Gasteiger charge is -2.32. The van der Waals surface area contributed by atoms with Crippen molar-refractivity contribution in [3.05, 3.63) is 59.3 Å². The van der Waals surface area contributed by atoms with E-state index in [1.807, 2.05) is 49.4 Å². The number of rotatable bonds is 6. The molecule has 1 aromatic heterocycles. The Balaban J connectivity index is 1.61. The van der Waals surface area contributed by atoms with Crippen molar-refractivity contribution < 1.29 is 19.0 Å². The minimum absolute atomic E-state index is 0.132. The normalized spacial score (nSPS) is 17.2. The summed E-state index contributed by atoms with van der Waals surface area (Å²) >= 11 is 0. The van der Waals surface area contributed by atoms with Crippen molar-refractivity contribution in [1.29, 1.82) is 0 Å². The Labute approximate surface area is 192 Å². The van der Waals surface area contributed by atoms with Crippen LogP contribution in [0.2, 0.25) is 0 Å². The van der Waals surface area contributed by atoms with Crippen LogP contribution in [0.5, 0.6) is 17.2 Å². The molecule has 3 aromatic rings. The number of nitrogens with zero attached hydrogens (tertiary/aromatic N) is 3. The van der Waals surface area contributed by atoms with Gasteiger partial charge < -0.3 is 19.5 Å². The summed E-state index contributed by atoms with van der Waals surface area (Å²) in [5.74, 6) is 3.37. The van der Waals surface area contributed by atoms with Gasteiger partial charge in [-0.1, -0.05) is 6.07 Å². The molecule has 2 aromatic carbocycles. The molecule has 5 rings (SSSR count). The van der Waals surface area contributed by atoms with Crippen LogP contribution in [-0.2, 0) is 4.79 Å². The summed E-state index contributed by atoms with van der Waals surface area (Å²) in [7, 11) is 3.21. The van der Waals surface area contributed by atoms with Gasteiger partial charge in [-0.15, -0.1) is 5.10 Å². The largest absolute Gasteiger partial charge is 0.494 e. The molecule has 0 radical (unpaired) electrons. The maximum absolute atomic E-state index is 13.0. The number of nitrogens with one attached hydrogen (secondary N) is 1. The number of fused-ring (bicyclic) bond motifs is 1. The molecule has 2 aliphatic rings. The lowest BCUT2D eigenvalue weighted by Crippen LogP contribution is -2.31. The Morgan fingerprint density at radius 2 is 1.85 bits per heavy atom. The second-order valence-corrected chi connectivity index (χ2v) is 7.97. The third kappa shape index (κ3) is 3.71. The second-order valence-electron chi connectivity index (χ2n) is 7.97. The van der Waals surface area contributed by atoms with Crippen molar-refractivity contribution in [1.82, 2.24) is 14.8 Å². The van der Waals surface area contributed by atoms with Gasteiger partial charge >= 0.3 is 0 Å². The van der Waals surface area contributed by atoms with Crippen LogP contribution in [0.25, 0.3) is 11.4 Å². The first-order valence-corrected chi connectivity index (χ1v) is 11.1. The first kappa shape index (κ1) is 21.1. The van der Waals surface area contributed by atoms with Crippen molar-refractivity contribution in [3.8, 4) is 28.6 Å². The number of carbonyl (C=O) groups excluding carboxylic acids is 1. The molecule has 0 saturated heterocycles. The fourth-order valence-electron chi connectivity index (χ4n) is 4.48. The molecular weight excluding hydrogens is 420 g/mol. The van der Waals surface area contributed by atoms with Gasteiger partial charge in [-0.25, -0.2) is 4.68 Å². The van der Waals surface area contributed by atoms with E-state index < -0.39 is 6.04 Å². The van der Waals surface area contributed by atoms with E-state index in [0.717, 1.165) is 41.0 Å². The zero-order valence-electron chi connectivity index (χ0n) is 18.9. The fourth-order valence-corrected chi connectivity index (χ4v) is 4.48. The van der Waals surface area contributed by atoms with Crippen LogP contribution >= 0.6 is 0 Å². The van der Waals surface area contributed by atoms with Gasteiger partial charge in [0.25, 0.3) is 0 Å². The first-order chi connectivity index (χ1) is 16.1. The van der Waals surface area contributed by atoms with Crippen LogP contribution in [0.1, 0.15) is 37.8 Å². The molecule has 33 heavy (non-hydrogen) atoms. The SMILES string of the molecule is CCOc1ccc(-c2nc3n(n2)C(c2ccc(OC)c(OC)c2)C2=C(CCCC2=O)N3)cc1. The van der Waals surface area contributed by atoms with E-state index in [1.165, 1.54) is 0 Å². The number of aromatic nitrogens is 3. The molecule has 0 bridgehead atoms. The summed E-state index contributed by atoms with van der Waals surface area (Å²) in [5.41, 5.74) is 3.42. The molecule has 0 amide bonds. The van der Waals surface area contributed by atoms with Gasteiger partial charge in [0.05, 0.1) is 20.8 Å². The van der Waals surface area contributed by atoms with E-state index in [-0.39, 0.29) is 5.78 Å². The predicted octanol–water partition coefficient (Wildman–Crippen LogP) is 4.38. The van der Waals surface area contributed by atoms with Gasteiger partial charge in [-0.2, -0.15) is 4.98 Å². The molecule has 2 heterocycles. The van der Waals surface area contributed by atoms with Crippen molar-refractivity contribution in [2.45, 2.75) is 32.2 Å². The lowest BCUT2D eigenvalue weighted by molar-refractivity contribution is -0.116. The standard InChI is InChI=1S/C25H26N4O4/c1-4-33-17-11-8-15(9-12-17)24-27-25-26-18-6-5-7-19(30)22(18)23(29(25)28-24)16-10-13-20(31-2)21(14-16)32-3/h8-14,23H,4-7H2,1-3H3,(H,26,27,28). The molecular formula is C25H26N4O4. The highest BCUT2D eigenvalue weighted by Crippen LogP contribution is 2.42. The maximum atomic E-state index is 13.0. The van der Waals surface area contributed by atoms with Crippen molar-refractivity contribution in [2.24, 2.45) is 0 Å². The molecule has 1 atom stereocenters. The zero-order valence-corrected chi connectivity index (χ0v) is 18.9. The van der Waals surface area contributed by atoms with Gasteiger partial charge in [-0.05, 0) is 61.7 Å². The van der Waals surface area contributed by atoms with E-state index in [9.17, 15) is 4.79 Å². The lowest BCUT2D eigenvalue weighted by atomic mass is 9.85. The molecule has 0 spiro atoms. The molecule has 170 valence electrons. The summed E-state index contributed by atoms with van der Waals surface area (Å²) < 4.78 is 18.3. The van der Waals surface area contributed by atoms with Gasteiger partial charge in [0, 0.05) is 23.3 Å². The number of benzene rings is 2. The molecule has 1 N–H and O–H groups in total. The van der Waals surface area contributed by atoms with Crippen LogP contribution in [0.4, 0.5) is 5.95 Å². The van der Waals surface area contributed by atoms with Crippen LogP contribution in [-0.4, -0.2) is 41.4 Å². The van der Waals surface area contributed by atoms with Crippen molar-refractivity contribution in [2.75, 3.05) is 26.1 Å².